The molecule has 1 aromatic heterocycles. The average molecular weight is 248 g/mol. The predicted octanol–water partition coefficient (Wildman–Crippen LogP) is 3.33. The summed E-state index contributed by atoms with van der Waals surface area (Å²) in [6.07, 6.45) is 1.79. The Balaban J connectivity index is 1.79. The largest absolute Gasteiger partial charge is 0.491 e. The van der Waals surface area contributed by atoms with E-state index < -0.39 is 0 Å². The van der Waals surface area contributed by atoms with Crippen LogP contribution >= 0.6 is 11.3 Å². The SMILES string of the molecule is Cc1ccc(OCC(C)Nc2nccs2)cc1. The third-order valence-electron chi connectivity index (χ3n) is 2.32. The zero-order valence-corrected chi connectivity index (χ0v) is 10.8. The molecule has 3 nitrogen and oxygen atoms in total. The van der Waals surface area contributed by atoms with Crippen molar-refractivity contribution in [1.82, 2.24) is 4.98 Å². The van der Waals surface area contributed by atoms with E-state index in [9.17, 15) is 0 Å². The monoisotopic (exact) mass is 248 g/mol. The fraction of sp³-hybridized carbons (Fsp3) is 0.308. The highest BCUT2D eigenvalue weighted by atomic mass is 32.1. The minimum atomic E-state index is 0.238. The average Bonchev–Trinajstić information content (AvgIpc) is 2.81. The molecule has 0 saturated carbocycles. The summed E-state index contributed by atoms with van der Waals surface area (Å²) in [6, 6.07) is 8.32. The lowest BCUT2D eigenvalue weighted by Gasteiger charge is -2.14. The summed E-state index contributed by atoms with van der Waals surface area (Å²) < 4.78 is 5.69. The van der Waals surface area contributed by atoms with Crippen LogP contribution in [-0.4, -0.2) is 17.6 Å². The number of nitrogens with zero attached hydrogens (tertiary/aromatic N) is 1. The molecule has 0 aliphatic rings. The van der Waals surface area contributed by atoms with Crippen molar-refractivity contribution >= 4 is 16.5 Å². The number of aromatic nitrogens is 1. The van der Waals surface area contributed by atoms with Crippen molar-refractivity contribution in [3.05, 3.63) is 41.4 Å². The van der Waals surface area contributed by atoms with Crippen molar-refractivity contribution in [2.24, 2.45) is 0 Å². The normalized spacial score (nSPS) is 12.1. The Bertz CT molecular complexity index is 439. The number of hydrogen-bond donors (Lipinski definition) is 1. The summed E-state index contributed by atoms with van der Waals surface area (Å²) in [5, 5.41) is 6.18. The van der Waals surface area contributed by atoms with E-state index in [1.165, 1.54) is 5.56 Å². The molecule has 1 atom stereocenters. The van der Waals surface area contributed by atoms with Crippen molar-refractivity contribution < 1.29 is 4.74 Å². The molecule has 1 heterocycles. The minimum absolute atomic E-state index is 0.238. The molecule has 17 heavy (non-hydrogen) atoms. The van der Waals surface area contributed by atoms with Gasteiger partial charge in [0.2, 0.25) is 0 Å². The maximum absolute atomic E-state index is 5.69. The fourth-order valence-electron chi connectivity index (χ4n) is 1.40. The number of anilines is 1. The first-order valence-corrected chi connectivity index (χ1v) is 6.47. The van der Waals surface area contributed by atoms with Gasteiger partial charge in [-0.05, 0) is 26.0 Å². The van der Waals surface area contributed by atoms with Crippen LogP contribution in [0.15, 0.2) is 35.8 Å². The van der Waals surface area contributed by atoms with E-state index in [4.69, 9.17) is 4.74 Å². The molecule has 0 aliphatic carbocycles. The Morgan fingerprint density at radius 1 is 1.35 bits per heavy atom. The molecule has 2 aromatic rings. The maximum atomic E-state index is 5.69. The van der Waals surface area contributed by atoms with Crippen LogP contribution in [0.1, 0.15) is 12.5 Å². The van der Waals surface area contributed by atoms with Gasteiger partial charge in [-0.1, -0.05) is 17.7 Å². The summed E-state index contributed by atoms with van der Waals surface area (Å²) in [5.41, 5.74) is 1.24. The van der Waals surface area contributed by atoms with Crippen LogP contribution in [0, 0.1) is 6.92 Å². The van der Waals surface area contributed by atoms with E-state index in [0.717, 1.165) is 10.9 Å². The first-order chi connectivity index (χ1) is 8.24. The molecule has 0 saturated heterocycles. The second-order valence-corrected chi connectivity index (χ2v) is 4.90. The molecule has 0 aliphatic heterocycles. The molecule has 2 rings (SSSR count). The third-order valence-corrected chi connectivity index (χ3v) is 3.03. The van der Waals surface area contributed by atoms with Gasteiger partial charge in [0.25, 0.3) is 0 Å². The summed E-state index contributed by atoms with van der Waals surface area (Å²) in [5.74, 6) is 0.906. The highest BCUT2D eigenvalue weighted by Gasteiger charge is 2.04. The van der Waals surface area contributed by atoms with E-state index >= 15 is 0 Å². The van der Waals surface area contributed by atoms with Crippen molar-refractivity contribution in [3.63, 3.8) is 0 Å². The quantitative estimate of drug-likeness (QED) is 0.881. The van der Waals surface area contributed by atoms with Gasteiger partial charge in [-0.25, -0.2) is 4.98 Å². The molecule has 1 N–H and O–H groups in total. The highest BCUT2D eigenvalue weighted by Crippen LogP contribution is 2.14. The summed E-state index contributed by atoms with van der Waals surface area (Å²) in [6.45, 7) is 4.77. The number of aryl methyl sites for hydroxylation is 1. The first-order valence-electron chi connectivity index (χ1n) is 5.59. The van der Waals surface area contributed by atoms with Gasteiger partial charge in [0, 0.05) is 11.6 Å². The Hall–Kier alpha value is -1.55. The molecular formula is C13H16N2OS. The molecule has 0 amide bonds. The van der Waals surface area contributed by atoms with E-state index in [2.05, 4.69) is 24.1 Å². The molecule has 90 valence electrons. The summed E-state index contributed by atoms with van der Waals surface area (Å²) >= 11 is 1.60. The van der Waals surface area contributed by atoms with E-state index in [0.29, 0.717) is 6.61 Å². The number of thiazole rings is 1. The van der Waals surface area contributed by atoms with Gasteiger partial charge in [0.1, 0.15) is 12.4 Å². The minimum Gasteiger partial charge on any atom is -0.491 e. The second kappa shape index (κ2) is 5.68. The highest BCUT2D eigenvalue weighted by molar-refractivity contribution is 7.13. The van der Waals surface area contributed by atoms with Crippen molar-refractivity contribution in [1.29, 1.82) is 0 Å². The van der Waals surface area contributed by atoms with Crippen LogP contribution in [0.25, 0.3) is 0 Å². The zero-order chi connectivity index (χ0) is 12.1. The number of rotatable bonds is 5. The Morgan fingerprint density at radius 2 is 2.12 bits per heavy atom. The second-order valence-electron chi connectivity index (χ2n) is 4.01. The van der Waals surface area contributed by atoms with Crippen LogP contribution in [0.5, 0.6) is 5.75 Å². The molecule has 0 bridgehead atoms. The first kappa shape index (κ1) is 11.9. The van der Waals surface area contributed by atoms with E-state index in [1.807, 2.05) is 29.6 Å². The van der Waals surface area contributed by atoms with Crippen LogP contribution in [0.3, 0.4) is 0 Å². The number of ether oxygens (including phenoxy) is 1. The topological polar surface area (TPSA) is 34.1 Å². The molecule has 0 spiro atoms. The summed E-state index contributed by atoms with van der Waals surface area (Å²) in [4.78, 5) is 4.17. The lowest BCUT2D eigenvalue weighted by Crippen LogP contribution is -2.23. The number of nitrogens with one attached hydrogen (secondary N) is 1. The Labute approximate surface area is 105 Å². The smallest absolute Gasteiger partial charge is 0.182 e. The van der Waals surface area contributed by atoms with Crippen LogP contribution < -0.4 is 10.1 Å². The number of benzene rings is 1. The van der Waals surface area contributed by atoms with Crippen LogP contribution in [0.2, 0.25) is 0 Å². The van der Waals surface area contributed by atoms with Gasteiger partial charge < -0.3 is 10.1 Å². The molecule has 0 fully saturated rings. The predicted molar refractivity (Wildman–Crippen MR) is 71.9 cm³/mol. The molecule has 1 unspecified atom stereocenters. The van der Waals surface area contributed by atoms with Gasteiger partial charge >= 0.3 is 0 Å². The van der Waals surface area contributed by atoms with E-state index in [-0.39, 0.29) is 6.04 Å². The molecule has 1 aromatic carbocycles. The summed E-state index contributed by atoms with van der Waals surface area (Å²) in [7, 11) is 0. The Kier molecular flexibility index (Phi) is 3.98. The van der Waals surface area contributed by atoms with Crippen LogP contribution in [0.4, 0.5) is 5.13 Å². The van der Waals surface area contributed by atoms with Gasteiger partial charge in [-0.3, -0.25) is 0 Å². The number of hydrogen-bond acceptors (Lipinski definition) is 4. The third kappa shape index (κ3) is 3.75. The van der Waals surface area contributed by atoms with Crippen molar-refractivity contribution in [3.8, 4) is 5.75 Å². The van der Waals surface area contributed by atoms with Crippen molar-refractivity contribution in [2.45, 2.75) is 19.9 Å². The van der Waals surface area contributed by atoms with Gasteiger partial charge in [-0.2, -0.15) is 0 Å². The molecule has 4 heteroatoms. The van der Waals surface area contributed by atoms with Crippen molar-refractivity contribution in [2.75, 3.05) is 11.9 Å². The molecular weight excluding hydrogens is 232 g/mol. The van der Waals surface area contributed by atoms with Gasteiger partial charge in [0.15, 0.2) is 5.13 Å². The maximum Gasteiger partial charge on any atom is 0.182 e. The zero-order valence-electron chi connectivity index (χ0n) is 10.0. The van der Waals surface area contributed by atoms with Gasteiger partial charge in [-0.15, -0.1) is 11.3 Å². The van der Waals surface area contributed by atoms with Crippen LogP contribution in [-0.2, 0) is 0 Å². The standard InChI is InChI=1S/C13H16N2OS/c1-10-3-5-12(6-4-10)16-9-11(2)15-13-14-7-8-17-13/h3-8,11H,9H2,1-2H3,(H,14,15). The van der Waals surface area contributed by atoms with Gasteiger partial charge in [0.05, 0.1) is 6.04 Å². The lowest BCUT2D eigenvalue weighted by molar-refractivity contribution is 0.304. The lowest BCUT2D eigenvalue weighted by atomic mass is 10.2. The molecule has 0 radical (unpaired) electrons. The fourth-order valence-corrected chi connectivity index (χ4v) is 2.04. The Morgan fingerprint density at radius 3 is 2.76 bits per heavy atom. The van der Waals surface area contributed by atoms with E-state index in [1.54, 1.807) is 17.5 Å².